The van der Waals surface area contributed by atoms with Crippen molar-refractivity contribution in [2.24, 2.45) is 11.8 Å². The molecule has 20 heavy (non-hydrogen) atoms. The van der Waals surface area contributed by atoms with Gasteiger partial charge in [0.05, 0.1) is 5.92 Å². The number of rotatable bonds is 8. The number of ether oxygens (including phenoxy) is 1. The van der Waals surface area contributed by atoms with Crippen LogP contribution in [0.15, 0.2) is 30.3 Å². The monoisotopic (exact) mass is 279 g/mol. The molecule has 0 aliphatic heterocycles. The van der Waals surface area contributed by atoms with Gasteiger partial charge in [0.15, 0.2) is 6.61 Å². The average Bonchev–Trinajstić information content (AvgIpc) is 2.41. The van der Waals surface area contributed by atoms with E-state index in [9.17, 15) is 9.59 Å². The molecule has 1 aromatic rings. The van der Waals surface area contributed by atoms with Crippen LogP contribution in [-0.2, 0) is 9.59 Å². The third kappa shape index (κ3) is 6.22. The lowest BCUT2D eigenvalue weighted by molar-refractivity contribution is -0.142. The minimum absolute atomic E-state index is 0.113. The van der Waals surface area contributed by atoms with E-state index in [4.69, 9.17) is 9.84 Å². The first-order valence-corrected chi connectivity index (χ1v) is 6.66. The van der Waals surface area contributed by atoms with Crippen LogP contribution in [0.2, 0.25) is 0 Å². The van der Waals surface area contributed by atoms with Crippen LogP contribution in [0, 0.1) is 11.8 Å². The lowest BCUT2D eigenvalue weighted by Crippen LogP contribution is -2.36. The highest BCUT2D eigenvalue weighted by molar-refractivity contribution is 5.78. The summed E-state index contributed by atoms with van der Waals surface area (Å²) in [5.74, 6) is -0.879. The van der Waals surface area contributed by atoms with Crippen molar-refractivity contribution in [1.82, 2.24) is 5.32 Å². The van der Waals surface area contributed by atoms with E-state index < -0.39 is 11.9 Å². The van der Waals surface area contributed by atoms with Crippen molar-refractivity contribution >= 4 is 11.9 Å². The fraction of sp³-hybridized carbons (Fsp3) is 0.467. The normalized spacial score (nSPS) is 11.9. The van der Waals surface area contributed by atoms with Gasteiger partial charge in [-0.15, -0.1) is 0 Å². The van der Waals surface area contributed by atoms with Crippen LogP contribution in [0.1, 0.15) is 20.3 Å². The summed E-state index contributed by atoms with van der Waals surface area (Å²) in [5, 5.41) is 11.7. The lowest BCUT2D eigenvalue weighted by atomic mass is 9.97. The maximum atomic E-state index is 11.6. The van der Waals surface area contributed by atoms with Crippen molar-refractivity contribution in [1.29, 1.82) is 0 Å². The molecule has 0 bridgehead atoms. The number of aliphatic carboxylic acids is 1. The summed E-state index contributed by atoms with van der Waals surface area (Å²) in [6, 6.07) is 9.00. The van der Waals surface area contributed by atoms with Gasteiger partial charge >= 0.3 is 5.97 Å². The Labute approximate surface area is 118 Å². The number of para-hydroxylation sites is 1. The van der Waals surface area contributed by atoms with Gasteiger partial charge in [-0.1, -0.05) is 32.0 Å². The Balaban J connectivity index is 2.32. The zero-order valence-electron chi connectivity index (χ0n) is 11.8. The molecule has 0 fully saturated rings. The van der Waals surface area contributed by atoms with E-state index in [2.05, 4.69) is 5.32 Å². The Kier molecular flexibility index (Phi) is 6.56. The van der Waals surface area contributed by atoms with E-state index in [1.165, 1.54) is 0 Å². The van der Waals surface area contributed by atoms with Crippen LogP contribution < -0.4 is 10.1 Å². The molecule has 1 unspecified atom stereocenters. The van der Waals surface area contributed by atoms with Crippen LogP contribution in [0.3, 0.4) is 0 Å². The minimum atomic E-state index is -0.886. The first-order chi connectivity index (χ1) is 9.49. The first kappa shape index (κ1) is 16.0. The summed E-state index contributed by atoms with van der Waals surface area (Å²) in [7, 11) is 0. The molecule has 5 heteroatoms. The number of carboxylic acid groups (broad SMARTS) is 1. The van der Waals surface area contributed by atoms with Crippen LogP contribution in [0.4, 0.5) is 0 Å². The standard InChI is InChI=1S/C15H21NO4/c1-11(2)8-12(15(18)19)9-16-14(17)10-20-13-6-4-3-5-7-13/h3-7,11-12H,8-10H2,1-2H3,(H,16,17)(H,18,19). The van der Waals surface area contributed by atoms with Crippen LogP contribution in [-0.4, -0.2) is 30.1 Å². The molecule has 0 aliphatic rings. The van der Waals surface area contributed by atoms with E-state index in [-0.39, 0.29) is 25.0 Å². The Morgan fingerprint density at radius 1 is 1.25 bits per heavy atom. The smallest absolute Gasteiger partial charge is 0.308 e. The molecule has 1 amide bonds. The molecule has 0 radical (unpaired) electrons. The minimum Gasteiger partial charge on any atom is -0.484 e. The summed E-state index contributed by atoms with van der Waals surface area (Å²) in [6.45, 7) is 3.93. The molecule has 2 N–H and O–H groups in total. The molecule has 0 aliphatic carbocycles. The Hall–Kier alpha value is -2.04. The molecule has 5 nitrogen and oxygen atoms in total. The van der Waals surface area contributed by atoms with E-state index >= 15 is 0 Å². The fourth-order valence-corrected chi connectivity index (χ4v) is 1.79. The second-order valence-electron chi connectivity index (χ2n) is 5.07. The van der Waals surface area contributed by atoms with Crippen LogP contribution in [0.5, 0.6) is 5.75 Å². The predicted octanol–water partition coefficient (Wildman–Crippen LogP) is 1.93. The van der Waals surface area contributed by atoms with Crippen molar-refractivity contribution in [3.8, 4) is 5.75 Å². The number of nitrogens with one attached hydrogen (secondary N) is 1. The summed E-state index contributed by atoms with van der Waals surface area (Å²) in [5.41, 5.74) is 0. The molecule has 0 aromatic heterocycles. The molecule has 0 spiro atoms. The number of benzene rings is 1. The van der Waals surface area contributed by atoms with E-state index in [0.717, 1.165) is 0 Å². The number of carboxylic acids is 1. The molecule has 110 valence electrons. The molecule has 1 atom stereocenters. The van der Waals surface area contributed by atoms with Crippen molar-refractivity contribution in [2.75, 3.05) is 13.2 Å². The van der Waals surface area contributed by atoms with Crippen molar-refractivity contribution in [3.63, 3.8) is 0 Å². The largest absolute Gasteiger partial charge is 0.484 e. The third-order valence-electron chi connectivity index (χ3n) is 2.76. The van der Waals surface area contributed by atoms with Gasteiger partial charge in [-0.2, -0.15) is 0 Å². The first-order valence-electron chi connectivity index (χ1n) is 6.66. The zero-order valence-corrected chi connectivity index (χ0v) is 11.8. The van der Waals surface area contributed by atoms with Crippen LogP contribution >= 0.6 is 0 Å². The highest BCUT2D eigenvalue weighted by atomic mass is 16.5. The van der Waals surface area contributed by atoms with E-state index in [1.807, 2.05) is 32.0 Å². The number of carbonyl (C=O) groups excluding carboxylic acids is 1. The number of amides is 1. The SMILES string of the molecule is CC(C)CC(CNC(=O)COc1ccccc1)C(=O)O. The van der Waals surface area contributed by atoms with E-state index in [1.54, 1.807) is 12.1 Å². The number of hydrogen-bond acceptors (Lipinski definition) is 3. The van der Waals surface area contributed by atoms with Gasteiger partial charge in [-0.3, -0.25) is 9.59 Å². The summed E-state index contributed by atoms with van der Waals surface area (Å²) in [6.07, 6.45) is 0.537. The second kappa shape index (κ2) is 8.19. The average molecular weight is 279 g/mol. The zero-order chi connectivity index (χ0) is 15.0. The van der Waals surface area contributed by atoms with Crippen molar-refractivity contribution < 1.29 is 19.4 Å². The summed E-state index contributed by atoms with van der Waals surface area (Å²) < 4.78 is 5.28. The molecule has 1 aromatic carbocycles. The molecular weight excluding hydrogens is 258 g/mol. The summed E-state index contributed by atoms with van der Waals surface area (Å²) in [4.78, 5) is 22.6. The Bertz CT molecular complexity index is 431. The summed E-state index contributed by atoms with van der Waals surface area (Å²) >= 11 is 0. The third-order valence-corrected chi connectivity index (χ3v) is 2.76. The maximum absolute atomic E-state index is 11.6. The van der Waals surface area contributed by atoms with Crippen molar-refractivity contribution in [3.05, 3.63) is 30.3 Å². The predicted molar refractivity (Wildman–Crippen MR) is 75.5 cm³/mol. The highest BCUT2D eigenvalue weighted by Gasteiger charge is 2.19. The fourth-order valence-electron chi connectivity index (χ4n) is 1.79. The van der Waals surface area contributed by atoms with Crippen LogP contribution in [0.25, 0.3) is 0 Å². The van der Waals surface area contributed by atoms with Gasteiger partial charge in [0.1, 0.15) is 5.75 Å². The van der Waals surface area contributed by atoms with Gasteiger partial charge < -0.3 is 15.2 Å². The lowest BCUT2D eigenvalue weighted by Gasteiger charge is -2.15. The van der Waals surface area contributed by atoms with Gasteiger partial charge in [0, 0.05) is 6.54 Å². The molecular formula is C15H21NO4. The topological polar surface area (TPSA) is 75.6 Å². The van der Waals surface area contributed by atoms with Gasteiger partial charge in [0.2, 0.25) is 0 Å². The molecule has 0 saturated carbocycles. The second-order valence-corrected chi connectivity index (χ2v) is 5.07. The molecule has 0 saturated heterocycles. The quantitative estimate of drug-likeness (QED) is 0.762. The van der Waals surface area contributed by atoms with Gasteiger partial charge in [-0.25, -0.2) is 0 Å². The molecule has 0 heterocycles. The number of carbonyl (C=O) groups is 2. The molecule has 1 rings (SSSR count). The van der Waals surface area contributed by atoms with Gasteiger partial charge in [0.25, 0.3) is 5.91 Å². The van der Waals surface area contributed by atoms with Crippen molar-refractivity contribution in [2.45, 2.75) is 20.3 Å². The highest BCUT2D eigenvalue weighted by Crippen LogP contribution is 2.11. The van der Waals surface area contributed by atoms with E-state index in [0.29, 0.717) is 12.2 Å². The maximum Gasteiger partial charge on any atom is 0.308 e. The van der Waals surface area contributed by atoms with Gasteiger partial charge in [-0.05, 0) is 24.5 Å². The Morgan fingerprint density at radius 2 is 1.90 bits per heavy atom. The number of hydrogen-bond donors (Lipinski definition) is 2. The Morgan fingerprint density at radius 3 is 2.45 bits per heavy atom.